The van der Waals surface area contributed by atoms with E-state index in [0.29, 0.717) is 11.2 Å². The van der Waals surface area contributed by atoms with Crippen LogP contribution in [0.4, 0.5) is 5.95 Å². The molecule has 2 N–H and O–H groups in total. The molecule has 0 bridgehead atoms. The fraction of sp³-hybridized carbons (Fsp3) is 0.385. The second kappa shape index (κ2) is 4.65. The molecule has 1 aliphatic carbocycles. The predicted octanol–water partition coefficient (Wildman–Crippen LogP) is 2.57. The van der Waals surface area contributed by atoms with Crippen molar-refractivity contribution in [2.24, 2.45) is 7.05 Å². The molecule has 0 aliphatic heterocycles. The molecular weight excluding hydrogens is 244 g/mol. The first-order chi connectivity index (χ1) is 8.75. The van der Waals surface area contributed by atoms with Crippen LogP contribution in [-0.2, 0) is 13.5 Å². The van der Waals surface area contributed by atoms with Crippen LogP contribution in [0, 0.1) is 0 Å². The first-order valence-electron chi connectivity index (χ1n) is 6.15. The fourth-order valence-corrected chi connectivity index (χ4v) is 3.62. The van der Waals surface area contributed by atoms with Crippen molar-refractivity contribution in [3.8, 4) is 0 Å². The van der Waals surface area contributed by atoms with Crippen LogP contribution < -0.4 is 5.73 Å². The molecule has 1 aromatic heterocycles. The average molecular weight is 260 g/mol. The van der Waals surface area contributed by atoms with E-state index in [1.807, 2.05) is 11.6 Å². The van der Waals surface area contributed by atoms with Crippen LogP contribution in [0.2, 0.25) is 0 Å². The third kappa shape index (κ3) is 1.99. The number of aryl methyl sites for hydroxylation is 1. The molecule has 5 heteroatoms. The Balaban J connectivity index is 1.89. The van der Waals surface area contributed by atoms with E-state index in [-0.39, 0.29) is 0 Å². The number of hydrogen-bond acceptors (Lipinski definition) is 4. The number of aromatic nitrogens is 3. The van der Waals surface area contributed by atoms with Gasteiger partial charge in [-0.15, -0.1) is 10.2 Å². The molecule has 1 heterocycles. The highest BCUT2D eigenvalue weighted by Crippen LogP contribution is 2.42. The summed E-state index contributed by atoms with van der Waals surface area (Å²) in [5, 5.41) is 9.41. The number of nitrogens with zero attached hydrogens (tertiary/aromatic N) is 3. The number of nitrogen functional groups attached to an aromatic ring is 1. The van der Waals surface area contributed by atoms with Crippen molar-refractivity contribution >= 4 is 17.7 Å². The Morgan fingerprint density at radius 1 is 1.33 bits per heavy atom. The summed E-state index contributed by atoms with van der Waals surface area (Å²) in [5.74, 6) is 0.474. The third-order valence-electron chi connectivity index (χ3n) is 3.43. The SMILES string of the molecule is Cn1c(N)nnc1SC1CCCc2ccccc21. The molecule has 4 nitrogen and oxygen atoms in total. The maximum Gasteiger partial charge on any atom is 0.222 e. The highest BCUT2D eigenvalue weighted by Gasteiger charge is 2.22. The lowest BCUT2D eigenvalue weighted by atomic mass is 9.91. The normalized spacial score (nSPS) is 18.6. The molecule has 1 atom stereocenters. The lowest BCUT2D eigenvalue weighted by Crippen LogP contribution is -2.08. The zero-order chi connectivity index (χ0) is 12.5. The number of hydrogen-bond donors (Lipinski definition) is 1. The maximum absolute atomic E-state index is 5.72. The minimum Gasteiger partial charge on any atom is -0.368 e. The van der Waals surface area contributed by atoms with Crippen molar-refractivity contribution in [3.63, 3.8) is 0 Å². The maximum atomic E-state index is 5.72. The van der Waals surface area contributed by atoms with Gasteiger partial charge >= 0.3 is 0 Å². The summed E-state index contributed by atoms with van der Waals surface area (Å²) in [6.45, 7) is 0. The zero-order valence-corrected chi connectivity index (χ0v) is 11.2. The van der Waals surface area contributed by atoms with Gasteiger partial charge in [-0.2, -0.15) is 0 Å². The van der Waals surface area contributed by atoms with Crippen molar-refractivity contribution in [2.75, 3.05) is 5.73 Å². The first kappa shape index (κ1) is 11.6. The van der Waals surface area contributed by atoms with Crippen LogP contribution in [0.1, 0.15) is 29.2 Å². The van der Waals surface area contributed by atoms with Gasteiger partial charge in [0.15, 0.2) is 5.16 Å². The Morgan fingerprint density at radius 3 is 2.94 bits per heavy atom. The van der Waals surface area contributed by atoms with Gasteiger partial charge in [-0.25, -0.2) is 0 Å². The molecule has 3 rings (SSSR count). The number of fused-ring (bicyclic) bond motifs is 1. The van der Waals surface area contributed by atoms with Crippen LogP contribution in [0.3, 0.4) is 0 Å². The summed E-state index contributed by atoms with van der Waals surface area (Å²) in [6.07, 6.45) is 3.62. The van der Waals surface area contributed by atoms with Gasteiger partial charge in [0.2, 0.25) is 5.95 Å². The van der Waals surface area contributed by atoms with Gasteiger partial charge in [0, 0.05) is 12.3 Å². The monoisotopic (exact) mass is 260 g/mol. The van der Waals surface area contributed by atoms with Crippen LogP contribution in [-0.4, -0.2) is 14.8 Å². The largest absolute Gasteiger partial charge is 0.368 e. The second-order valence-electron chi connectivity index (χ2n) is 4.60. The van der Waals surface area contributed by atoms with E-state index in [0.717, 1.165) is 5.16 Å². The molecule has 0 radical (unpaired) electrons. The second-order valence-corrected chi connectivity index (χ2v) is 5.77. The Kier molecular flexibility index (Phi) is 2.99. The van der Waals surface area contributed by atoms with Gasteiger partial charge in [0.1, 0.15) is 0 Å². The summed E-state index contributed by atoms with van der Waals surface area (Å²) >= 11 is 1.76. The highest BCUT2D eigenvalue weighted by atomic mass is 32.2. The molecule has 1 unspecified atom stereocenters. The Morgan fingerprint density at radius 2 is 2.17 bits per heavy atom. The zero-order valence-electron chi connectivity index (χ0n) is 10.3. The van der Waals surface area contributed by atoms with Gasteiger partial charge in [0.25, 0.3) is 0 Å². The Hall–Kier alpha value is -1.49. The van der Waals surface area contributed by atoms with E-state index >= 15 is 0 Å². The van der Waals surface area contributed by atoms with E-state index in [4.69, 9.17) is 5.73 Å². The minimum absolute atomic E-state index is 0.470. The fourth-order valence-electron chi connectivity index (χ4n) is 2.39. The van der Waals surface area contributed by atoms with Crippen molar-refractivity contribution < 1.29 is 0 Å². The molecule has 0 saturated carbocycles. The van der Waals surface area contributed by atoms with E-state index < -0.39 is 0 Å². The van der Waals surface area contributed by atoms with Gasteiger partial charge < -0.3 is 5.73 Å². The predicted molar refractivity (Wildman–Crippen MR) is 73.4 cm³/mol. The first-order valence-corrected chi connectivity index (χ1v) is 7.03. The number of rotatable bonds is 2. The number of thioether (sulfide) groups is 1. The minimum atomic E-state index is 0.470. The molecule has 0 spiro atoms. The lowest BCUT2D eigenvalue weighted by molar-refractivity contribution is 0.668. The molecule has 1 aromatic carbocycles. The van der Waals surface area contributed by atoms with Crippen LogP contribution in [0.15, 0.2) is 29.4 Å². The molecule has 2 aromatic rings. The van der Waals surface area contributed by atoms with Crippen LogP contribution in [0.25, 0.3) is 0 Å². The van der Waals surface area contributed by atoms with Gasteiger partial charge in [-0.1, -0.05) is 36.0 Å². The number of benzene rings is 1. The Labute approximate surface area is 111 Å². The van der Waals surface area contributed by atoms with Crippen LogP contribution in [0.5, 0.6) is 0 Å². The summed E-state index contributed by atoms with van der Waals surface area (Å²) in [7, 11) is 1.91. The van der Waals surface area contributed by atoms with Crippen LogP contribution >= 0.6 is 11.8 Å². The van der Waals surface area contributed by atoms with Crippen molar-refractivity contribution in [1.82, 2.24) is 14.8 Å². The summed E-state index contributed by atoms with van der Waals surface area (Å²) < 4.78 is 1.85. The Bertz CT molecular complexity index is 564. The molecule has 1 aliphatic rings. The topological polar surface area (TPSA) is 56.7 Å². The smallest absolute Gasteiger partial charge is 0.222 e. The molecule has 0 fully saturated rings. The lowest BCUT2D eigenvalue weighted by Gasteiger charge is -2.24. The van der Waals surface area contributed by atoms with Crippen molar-refractivity contribution in [2.45, 2.75) is 29.7 Å². The number of anilines is 1. The van der Waals surface area contributed by atoms with E-state index in [2.05, 4.69) is 34.5 Å². The standard InChI is InChI=1S/C13H16N4S/c1-17-12(14)15-16-13(17)18-11-8-4-6-9-5-2-3-7-10(9)11/h2-3,5,7,11H,4,6,8H2,1H3,(H2,14,15). The van der Waals surface area contributed by atoms with Gasteiger partial charge in [0.05, 0.1) is 0 Å². The number of nitrogens with two attached hydrogens (primary N) is 1. The van der Waals surface area contributed by atoms with Gasteiger partial charge in [-0.3, -0.25) is 4.57 Å². The molecule has 0 saturated heterocycles. The van der Waals surface area contributed by atoms with Gasteiger partial charge in [-0.05, 0) is 30.4 Å². The van der Waals surface area contributed by atoms with E-state index in [9.17, 15) is 0 Å². The molecule has 0 amide bonds. The quantitative estimate of drug-likeness (QED) is 0.901. The third-order valence-corrected chi connectivity index (χ3v) is 4.77. The van der Waals surface area contributed by atoms with Crippen molar-refractivity contribution in [1.29, 1.82) is 0 Å². The molecular formula is C13H16N4S. The summed E-state index contributed by atoms with van der Waals surface area (Å²) in [6, 6.07) is 8.69. The summed E-state index contributed by atoms with van der Waals surface area (Å²) in [5.41, 5.74) is 8.63. The van der Waals surface area contributed by atoms with E-state index in [1.54, 1.807) is 11.8 Å². The molecule has 18 heavy (non-hydrogen) atoms. The van der Waals surface area contributed by atoms with Crippen molar-refractivity contribution in [3.05, 3.63) is 35.4 Å². The molecule has 94 valence electrons. The highest BCUT2D eigenvalue weighted by molar-refractivity contribution is 7.99. The summed E-state index contributed by atoms with van der Waals surface area (Å²) in [4.78, 5) is 0. The average Bonchev–Trinajstić information content (AvgIpc) is 2.71. The van der Waals surface area contributed by atoms with E-state index in [1.165, 1.54) is 30.4 Å².